The second-order valence-electron chi connectivity index (χ2n) is 4.87. The molecular formula is C13H22BNO2. The molecule has 2 rings (SSSR count). The summed E-state index contributed by atoms with van der Waals surface area (Å²) in [5, 5.41) is 0. The molecule has 1 aromatic rings. The maximum Gasteiger partial charge on any atom is 0.496 e. The van der Waals surface area contributed by atoms with E-state index < -0.39 is 0 Å². The first-order valence-electron chi connectivity index (χ1n) is 6.18. The van der Waals surface area contributed by atoms with Crippen LogP contribution in [0.25, 0.3) is 0 Å². The van der Waals surface area contributed by atoms with E-state index in [4.69, 9.17) is 9.31 Å². The van der Waals surface area contributed by atoms with Crippen LogP contribution in [-0.2, 0) is 9.31 Å². The summed E-state index contributed by atoms with van der Waals surface area (Å²) in [5.41, 5.74) is 0.400. The fourth-order valence-corrected chi connectivity index (χ4v) is 1.49. The summed E-state index contributed by atoms with van der Waals surface area (Å²) in [7, 11) is -0.302. The Hall–Kier alpha value is -0.865. The maximum atomic E-state index is 5.89. The highest BCUT2D eigenvalue weighted by Crippen LogP contribution is 2.36. The lowest BCUT2D eigenvalue weighted by Gasteiger charge is -2.32. The second-order valence-corrected chi connectivity index (χ2v) is 4.87. The number of aromatic nitrogens is 1. The van der Waals surface area contributed by atoms with Gasteiger partial charge in [-0.25, -0.2) is 0 Å². The predicted octanol–water partition coefficient (Wildman–Crippen LogP) is 2.41. The summed E-state index contributed by atoms with van der Waals surface area (Å²) in [6.45, 7) is 12.2. The van der Waals surface area contributed by atoms with Gasteiger partial charge in [0.05, 0.1) is 11.2 Å². The molecule has 0 radical (unpaired) electrons. The van der Waals surface area contributed by atoms with Crippen LogP contribution in [-0.4, -0.2) is 23.3 Å². The number of pyridine rings is 1. The molecule has 0 N–H and O–H groups in total. The van der Waals surface area contributed by atoms with Crippen molar-refractivity contribution in [3.63, 3.8) is 0 Å². The van der Waals surface area contributed by atoms with Gasteiger partial charge in [0.2, 0.25) is 0 Å². The van der Waals surface area contributed by atoms with Crippen molar-refractivity contribution in [2.45, 2.75) is 52.7 Å². The largest absolute Gasteiger partial charge is 0.496 e. The van der Waals surface area contributed by atoms with E-state index in [1.54, 1.807) is 12.4 Å². The van der Waals surface area contributed by atoms with E-state index in [1.807, 2.05) is 53.7 Å². The monoisotopic (exact) mass is 235 g/mol. The summed E-state index contributed by atoms with van der Waals surface area (Å²) in [6, 6.07) is 3.86. The molecule has 0 atom stereocenters. The van der Waals surface area contributed by atoms with E-state index in [0.29, 0.717) is 0 Å². The van der Waals surface area contributed by atoms with Gasteiger partial charge in [0, 0.05) is 17.9 Å². The van der Waals surface area contributed by atoms with E-state index in [2.05, 4.69) is 4.98 Å². The lowest BCUT2D eigenvalue weighted by molar-refractivity contribution is 0.00578. The van der Waals surface area contributed by atoms with Crippen LogP contribution < -0.4 is 5.46 Å². The average Bonchev–Trinajstić information content (AvgIpc) is 2.52. The summed E-state index contributed by atoms with van der Waals surface area (Å²) in [5.74, 6) is 0. The lowest BCUT2D eigenvalue weighted by Crippen LogP contribution is -2.41. The van der Waals surface area contributed by atoms with E-state index >= 15 is 0 Å². The Bertz CT molecular complexity index is 336. The molecule has 0 spiro atoms. The molecule has 2 heterocycles. The van der Waals surface area contributed by atoms with Crippen molar-refractivity contribution in [3.8, 4) is 0 Å². The Kier molecular flexibility index (Phi) is 4.34. The van der Waals surface area contributed by atoms with Crippen LogP contribution in [0.2, 0.25) is 0 Å². The molecule has 17 heavy (non-hydrogen) atoms. The number of hydrogen-bond acceptors (Lipinski definition) is 3. The van der Waals surface area contributed by atoms with Crippen molar-refractivity contribution < 1.29 is 9.31 Å². The Morgan fingerprint density at radius 2 is 1.59 bits per heavy atom. The molecule has 1 fully saturated rings. The fourth-order valence-electron chi connectivity index (χ4n) is 1.49. The zero-order valence-corrected chi connectivity index (χ0v) is 11.7. The van der Waals surface area contributed by atoms with Gasteiger partial charge in [-0.15, -0.1) is 0 Å². The zero-order valence-electron chi connectivity index (χ0n) is 11.7. The van der Waals surface area contributed by atoms with Gasteiger partial charge in [0.1, 0.15) is 0 Å². The van der Waals surface area contributed by atoms with Crippen LogP contribution in [0.4, 0.5) is 0 Å². The molecule has 0 amide bonds. The number of hydrogen-bond donors (Lipinski definition) is 0. The minimum absolute atomic E-state index is 0.284. The van der Waals surface area contributed by atoms with Gasteiger partial charge in [0.15, 0.2) is 0 Å². The van der Waals surface area contributed by atoms with Crippen LogP contribution in [0.5, 0.6) is 0 Å². The first-order chi connectivity index (χ1) is 7.92. The molecule has 4 heteroatoms. The van der Waals surface area contributed by atoms with Crippen molar-refractivity contribution in [2.75, 3.05) is 0 Å². The molecule has 1 aromatic heterocycles. The van der Waals surface area contributed by atoms with Gasteiger partial charge in [0.25, 0.3) is 0 Å². The lowest BCUT2D eigenvalue weighted by atomic mass is 9.80. The van der Waals surface area contributed by atoms with Gasteiger partial charge in [-0.2, -0.15) is 0 Å². The van der Waals surface area contributed by atoms with Crippen LogP contribution >= 0.6 is 0 Å². The first kappa shape index (κ1) is 14.2. The first-order valence-corrected chi connectivity index (χ1v) is 6.18. The quantitative estimate of drug-likeness (QED) is 0.700. The Labute approximate surface area is 105 Å². The van der Waals surface area contributed by atoms with Crippen LogP contribution in [0.15, 0.2) is 24.5 Å². The Balaban J connectivity index is 0.000000686. The SMILES string of the molecule is CC.CC1(C)OB(c2cccnc2)OC1(C)C. The third-order valence-electron chi connectivity index (χ3n) is 3.21. The van der Waals surface area contributed by atoms with Gasteiger partial charge in [-0.05, 0) is 33.8 Å². The maximum absolute atomic E-state index is 5.89. The average molecular weight is 235 g/mol. The second kappa shape index (κ2) is 5.19. The normalized spacial score (nSPS) is 20.7. The summed E-state index contributed by atoms with van der Waals surface area (Å²) < 4.78 is 11.8. The zero-order chi connectivity index (χ0) is 13.1. The third kappa shape index (κ3) is 2.88. The number of nitrogens with zero attached hydrogens (tertiary/aromatic N) is 1. The van der Waals surface area contributed by atoms with Gasteiger partial charge < -0.3 is 9.31 Å². The molecule has 94 valence electrons. The van der Waals surface area contributed by atoms with E-state index in [0.717, 1.165) is 5.46 Å². The summed E-state index contributed by atoms with van der Waals surface area (Å²) >= 11 is 0. The Morgan fingerprint density at radius 3 is 2.00 bits per heavy atom. The van der Waals surface area contributed by atoms with E-state index in [9.17, 15) is 0 Å². The molecule has 0 saturated carbocycles. The van der Waals surface area contributed by atoms with Gasteiger partial charge in [-0.1, -0.05) is 19.9 Å². The molecule has 0 unspecified atom stereocenters. The molecule has 0 aliphatic carbocycles. The molecule has 3 nitrogen and oxygen atoms in total. The highest BCUT2D eigenvalue weighted by Gasteiger charge is 2.51. The molecule has 1 saturated heterocycles. The van der Waals surface area contributed by atoms with E-state index in [-0.39, 0.29) is 18.3 Å². The summed E-state index contributed by atoms with van der Waals surface area (Å²) in [6.07, 6.45) is 3.52. The third-order valence-corrected chi connectivity index (χ3v) is 3.21. The minimum atomic E-state index is -0.302. The highest BCUT2D eigenvalue weighted by molar-refractivity contribution is 6.62. The van der Waals surface area contributed by atoms with Crippen molar-refractivity contribution in [1.29, 1.82) is 0 Å². The van der Waals surface area contributed by atoms with Crippen molar-refractivity contribution in [3.05, 3.63) is 24.5 Å². The number of rotatable bonds is 1. The fraction of sp³-hybridized carbons (Fsp3) is 0.615. The molecule has 1 aliphatic heterocycles. The molecular weight excluding hydrogens is 213 g/mol. The minimum Gasteiger partial charge on any atom is -0.399 e. The standard InChI is InChI=1S/C11H16BNO2.C2H6/c1-10(2)11(3,4)15-12(14-10)9-6-5-7-13-8-9;1-2/h5-8H,1-4H3;1-2H3. The Morgan fingerprint density at radius 1 is 1.06 bits per heavy atom. The van der Waals surface area contributed by atoms with Gasteiger partial charge in [-0.3, -0.25) is 4.98 Å². The van der Waals surface area contributed by atoms with Crippen molar-refractivity contribution >= 4 is 12.6 Å². The van der Waals surface area contributed by atoms with Crippen LogP contribution in [0.1, 0.15) is 41.5 Å². The predicted molar refractivity (Wildman–Crippen MR) is 71.3 cm³/mol. The summed E-state index contributed by atoms with van der Waals surface area (Å²) in [4.78, 5) is 4.06. The van der Waals surface area contributed by atoms with E-state index in [1.165, 1.54) is 0 Å². The molecule has 0 bridgehead atoms. The smallest absolute Gasteiger partial charge is 0.399 e. The van der Waals surface area contributed by atoms with Crippen molar-refractivity contribution in [1.82, 2.24) is 4.98 Å². The van der Waals surface area contributed by atoms with Crippen molar-refractivity contribution in [2.24, 2.45) is 0 Å². The highest BCUT2D eigenvalue weighted by atomic mass is 16.7. The molecule has 1 aliphatic rings. The van der Waals surface area contributed by atoms with Crippen LogP contribution in [0, 0.1) is 0 Å². The van der Waals surface area contributed by atoms with Crippen LogP contribution in [0.3, 0.4) is 0 Å². The van der Waals surface area contributed by atoms with Gasteiger partial charge >= 0.3 is 7.12 Å². The molecule has 0 aromatic carbocycles. The topological polar surface area (TPSA) is 31.4 Å².